The number of aliphatic carboxylic acids is 1. The molecule has 278 valence electrons. The Morgan fingerprint density at radius 2 is 1.49 bits per heavy atom. The summed E-state index contributed by atoms with van der Waals surface area (Å²) in [5.74, 6) is -2.44. The number of anilines is 3. The molecule has 0 unspecified atom stereocenters. The van der Waals surface area contributed by atoms with Gasteiger partial charge >= 0.3 is 11.9 Å². The van der Waals surface area contributed by atoms with Gasteiger partial charge in [-0.3, -0.25) is 19.3 Å². The van der Waals surface area contributed by atoms with Crippen LogP contribution >= 0.6 is 11.3 Å². The minimum absolute atomic E-state index is 0.241. The molecule has 1 heterocycles. The first-order valence-electron chi connectivity index (χ1n) is 18.4. The van der Waals surface area contributed by atoms with Crippen LogP contribution in [0.3, 0.4) is 0 Å². The first-order chi connectivity index (χ1) is 25.5. The fourth-order valence-electron chi connectivity index (χ4n) is 7.59. The summed E-state index contributed by atoms with van der Waals surface area (Å²) in [6, 6.07) is 22.6. The first-order valence-corrected chi connectivity index (χ1v) is 19.3. The predicted octanol–water partition coefficient (Wildman–Crippen LogP) is 8.32. The van der Waals surface area contributed by atoms with Gasteiger partial charge in [0.05, 0.1) is 17.0 Å². The van der Waals surface area contributed by atoms with Crippen molar-refractivity contribution < 1.29 is 29.4 Å². The third-order valence-corrected chi connectivity index (χ3v) is 11.8. The lowest BCUT2D eigenvalue weighted by atomic mass is 9.85. The molecule has 6 rings (SSSR count). The van der Waals surface area contributed by atoms with Crippen LogP contribution in [0.4, 0.5) is 16.4 Å². The Labute approximate surface area is 314 Å². The average molecular weight is 737 g/mol. The lowest BCUT2D eigenvalue weighted by Gasteiger charge is -2.38. The molecule has 0 bridgehead atoms. The Balaban J connectivity index is 1.13. The zero-order valence-electron chi connectivity index (χ0n) is 30.6. The number of carbonyl (C=O) groups excluding carboxylic acids is 2. The van der Waals surface area contributed by atoms with Crippen LogP contribution in [0.2, 0.25) is 0 Å². The number of carboxylic acids is 2. The van der Waals surface area contributed by atoms with Gasteiger partial charge in [0, 0.05) is 54.0 Å². The molecule has 53 heavy (non-hydrogen) atoms. The molecule has 11 heteroatoms. The second kappa shape index (κ2) is 16.8. The summed E-state index contributed by atoms with van der Waals surface area (Å²) in [6.07, 6.45) is 6.77. The van der Waals surface area contributed by atoms with Crippen molar-refractivity contribution in [3.05, 3.63) is 111 Å². The third-order valence-electron chi connectivity index (χ3n) is 10.5. The van der Waals surface area contributed by atoms with Crippen LogP contribution in [0.1, 0.15) is 105 Å². The Hall–Kier alpha value is -5.00. The highest BCUT2D eigenvalue weighted by atomic mass is 32.1. The van der Waals surface area contributed by atoms with Gasteiger partial charge in [-0.2, -0.15) is 0 Å². The molecular formula is C42H48N4O6S. The van der Waals surface area contributed by atoms with E-state index < -0.39 is 11.9 Å². The lowest BCUT2D eigenvalue weighted by Crippen LogP contribution is -2.42. The highest BCUT2D eigenvalue weighted by molar-refractivity contribution is 7.17. The molecule has 2 amide bonds. The van der Waals surface area contributed by atoms with E-state index in [4.69, 9.17) is 0 Å². The maximum Gasteiger partial charge on any atom is 0.335 e. The summed E-state index contributed by atoms with van der Waals surface area (Å²) < 4.78 is 0. The number of nitrogens with zero attached hydrogens (tertiary/aromatic N) is 2. The summed E-state index contributed by atoms with van der Waals surface area (Å²) in [6.45, 7) is 5.58. The number of aryl methyl sites for hydroxylation is 1. The van der Waals surface area contributed by atoms with Gasteiger partial charge in [0.2, 0.25) is 0 Å². The molecule has 0 spiro atoms. The molecule has 1 saturated carbocycles. The number of fused-ring (bicyclic) bond motifs is 1. The number of benzene rings is 3. The number of nitrogens with one attached hydrogen (secondary N) is 2. The van der Waals surface area contributed by atoms with Crippen molar-refractivity contribution in [1.29, 1.82) is 0 Å². The number of carboxylic acid groups (broad SMARTS) is 2. The van der Waals surface area contributed by atoms with Crippen LogP contribution in [0.25, 0.3) is 0 Å². The van der Waals surface area contributed by atoms with Gasteiger partial charge in [0.1, 0.15) is 5.00 Å². The Kier molecular flexibility index (Phi) is 11.9. The van der Waals surface area contributed by atoms with E-state index in [0.717, 1.165) is 65.8 Å². The van der Waals surface area contributed by atoms with E-state index in [1.54, 1.807) is 30.3 Å². The Morgan fingerprint density at radius 1 is 0.792 bits per heavy atom. The van der Waals surface area contributed by atoms with Crippen LogP contribution in [0, 0.1) is 5.92 Å². The van der Waals surface area contributed by atoms with Gasteiger partial charge in [0.25, 0.3) is 11.8 Å². The quantitative estimate of drug-likeness (QED) is 0.108. The van der Waals surface area contributed by atoms with Crippen LogP contribution in [-0.4, -0.2) is 58.0 Å². The minimum Gasteiger partial charge on any atom is -0.481 e. The van der Waals surface area contributed by atoms with E-state index in [-0.39, 0.29) is 29.3 Å². The topological polar surface area (TPSA) is 139 Å². The van der Waals surface area contributed by atoms with E-state index in [1.807, 2.05) is 54.4 Å². The monoisotopic (exact) mass is 736 g/mol. The number of thiophene rings is 1. The van der Waals surface area contributed by atoms with Crippen molar-refractivity contribution in [2.45, 2.75) is 90.4 Å². The van der Waals surface area contributed by atoms with Crippen LogP contribution in [0.15, 0.2) is 72.8 Å². The maximum absolute atomic E-state index is 13.9. The molecule has 0 atom stereocenters. The minimum atomic E-state index is -0.959. The molecule has 4 aromatic rings. The molecular weight excluding hydrogens is 689 g/mol. The van der Waals surface area contributed by atoms with Crippen LogP contribution in [0.5, 0.6) is 0 Å². The Bertz CT molecular complexity index is 1950. The molecule has 3 aromatic carbocycles. The second-order valence-corrected chi connectivity index (χ2v) is 15.6. The molecule has 1 fully saturated rings. The first kappa shape index (κ1) is 37.7. The van der Waals surface area contributed by atoms with E-state index in [9.17, 15) is 29.4 Å². The van der Waals surface area contributed by atoms with Crippen LogP contribution in [-0.2, 0) is 30.7 Å². The van der Waals surface area contributed by atoms with E-state index in [1.165, 1.54) is 11.3 Å². The number of carbonyl (C=O) groups is 4. The van der Waals surface area contributed by atoms with E-state index in [0.29, 0.717) is 53.8 Å². The summed E-state index contributed by atoms with van der Waals surface area (Å²) in [5, 5.41) is 25.4. The van der Waals surface area contributed by atoms with Gasteiger partial charge in [-0.1, -0.05) is 24.3 Å². The van der Waals surface area contributed by atoms with E-state index >= 15 is 0 Å². The molecule has 0 saturated heterocycles. The summed E-state index contributed by atoms with van der Waals surface area (Å²) in [4.78, 5) is 56.0. The number of amides is 2. The Morgan fingerprint density at radius 3 is 2.15 bits per heavy atom. The van der Waals surface area contributed by atoms with Gasteiger partial charge < -0.3 is 25.7 Å². The average Bonchev–Trinajstić information content (AvgIpc) is 3.52. The molecule has 1 aromatic heterocycles. The predicted molar refractivity (Wildman–Crippen MR) is 209 cm³/mol. The second-order valence-electron chi connectivity index (χ2n) is 14.5. The van der Waals surface area contributed by atoms with Gasteiger partial charge in [-0.15, -0.1) is 11.3 Å². The number of rotatable bonds is 13. The largest absolute Gasteiger partial charge is 0.481 e. The van der Waals surface area contributed by atoms with Crippen molar-refractivity contribution in [2.24, 2.45) is 5.92 Å². The number of hydrogen-bond donors (Lipinski definition) is 4. The maximum atomic E-state index is 13.9. The zero-order valence-corrected chi connectivity index (χ0v) is 31.4. The number of hydrogen-bond acceptors (Lipinski definition) is 7. The molecule has 0 radical (unpaired) electrons. The van der Waals surface area contributed by atoms with Crippen LogP contribution < -0.4 is 15.5 Å². The summed E-state index contributed by atoms with van der Waals surface area (Å²) in [5.41, 5.74) is 5.90. The zero-order chi connectivity index (χ0) is 37.6. The van der Waals surface area contributed by atoms with Gasteiger partial charge in [-0.25, -0.2) is 4.79 Å². The van der Waals surface area contributed by atoms with E-state index in [2.05, 4.69) is 29.4 Å². The lowest BCUT2D eigenvalue weighted by molar-refractivity contribution is -0.143. The SMILES string of the molecule is CC(C)N(Cc1cccc(C(=O)Nc2sc3c(c2C(=O)Nc2ccc(CN(C)c4ccc(C(=O)O)cc4)cc2)CCCC3)c1)[C@H]1CC[C@H](C(=O)O)CC1. The smallest absolute Gasteiger partial charge is 0.335 e. The molecule has 2 aliphatic carbocycles. The van der Waals surface area contributed by atoms with Gasteiger partial charge in [-0.05, 0) is 130 Å². The number of aromatic carboxylic acids is 1. The molecule has 10 nitrogen and oxygen atoms in total. The fourth-order valence-corrected chi connectivity index (χ4v) is 8.87. The van der Waals surface area contributed by atoms with Crippen molar-refractivity contribution in [3.8, 4) is 0 Å². The molecule has 4 N–H and O–H groups in total. The molecule has 0 aliphatic heterocycles. The molecule has 2 aliphatic rings. The summed E-state index contributed by atoms with van der Waals surface area (Å²) >= 11 is 1.49. The van der Waals surface area contributed by atoms with Crippen molar-refractivity contribution >= 4 is 51.5 Å². The highest BCUT2D eigenvalue weighted by Crippen LogP contribution is 2.39. The summed E-state index contributed by atoms with van der Waals surface area (Å²) in [7, 11) is 1.94. The normalized spacial score (nSPS) is 16.9. The fraction of sp³-hybridized carbons (Fsp3) is 0.381. The van der Waals surface area contributed by atoms with Gasteiger partial charge in [0.15, 0.2) is 0 Å². The third kappa shape index (κ3) is 9.15. The standard InChI is InChI=1S/C42H48N4O6S/c1-26(2)46(34-21-15-30(16-22-34)42(51)52)25-28-7-6-8-31(23-28)38(47)44-40-37(35-9-4-5-10-36(35)53-40)39(48)43-32-17-11-27(12-18-32)24-45(3)33-19-13-29(14-20-33)41(49)50/h6-8,11-14,17-20,23,26,30,34H,4-5,9-10,15-16,21-22,24-25H2,1-3H3,(H,43,48)(H,44,47)(H,49,50)(H,51,52)/t30-,34-. The van der Waals surface area contributed by atoms with Crippen molar-refractivity contribution in [2.75, 3.05) is 22.6 Å². The van der Waals surface area contributed by atoms with Crippen molar-refractivity contribution in [1.82, 2.24) is 4.90 Å². The van der Waals surface area contributed by atoms with Crippen molar-refractivity contribution in [3.63, 3.8) is 0 Å². The highest BCUT2D eigenvalue weighted by Gasteiger charge is 2.31.